The third-order valence-corrected chi connectivity index (χ3v) is 4.52. The number of amides is 1. The minimum absolute atomic E-state index is 0.0528. The normalized spacial score (nSPS) is 18.5. The molecule has 2 rings (SSSR count). The smallest absolute Gasteiger partial charge is 0.251 e. The SMILES string of the molecule is CN=C(NCCc1cccc(C(=O)NC)c1)NCC1CCCN1C. The number of guanidine groups is 1. The van der Waals surface area contributed by atoms with Crippen LogP contribution in [0.4, 0.5) is 0 Å². The summed E-state index contributed by atoms with van der Waals surface area (Å²) in [6.45, 7) is 2.87. The van der Waals surface area contributed by atoms with Crippen molar-refractivity contribution in [1.82, 2.24) is 20.9 Å². The molecule has 0 spiro atoms. The van der Waals surface area contributed by atoms with E-state index in [-0.39, 0.29) is 5.91 Å². The molecule has 6 nitrogen and oxygen atoms in total. The predicted octanol–water partition coefficient (Wildman–Crippen LogP) is 0.848. The number of hydrogen-bond donors (Lipinski definition) is 3. The molecule has 1 fully saturated rings. The van der Waals surface area contributed by atoms with Crippen LogP contribution in [-0.2, 0) is 6.42 Å². The van der Waals surface area contributed by atoms with Crippen LogP contribution >= 0.6 is 0 Å². The molecule has 1 amide bonds. The third-order valence-electron chi connectivity index (χ3n) is 4.52. The third kappa shape index (κ3) is 5.23. The molecule has 1 aliphatic rings. The molecule has 24 heavy (non-hydrogen) atoms. The molecular weight excluding hydrogens is 302 g/mol. The molecule has 3 N–H and O–H groups in total. The lowest BCUT2D eigenvalue weighted by molar-refractivity contribution is 0.0963. The van der Waals surface area contributed by atoms with E-state index >= 15 is 0 Å². The largest absolute Gasteiger partial charge is 0.356 e. The van der Waals surface area contributed by atoms with Gasteiger partial charge in [0.15, 0.2) is 5.96 Å². The number of rotatable bonds is 6. The first-order valence-corrected chi connectivity index (χ1v) is 8.60. The number of aliphatic imine (C=N–C) groups is 1. The van der Waals surface area contributed by atoms with E-state index in [4.69, 9.17) is 0 Å². The molecule has 1 aromatic carbocycles. The lowest BCUT2D eigenvalue weighted by Crippen LogP contribution is -2.44. The molecule has 1 heterocycles. The summed E-state index contributed by atoms with van der Waals surface area (Å²) in [4.78, 5) is 18.3. The number of carbonyl (C=O) groups is 1. The molecular formula is C18H29N5O. The molecule has 0 aliphatic carbocycles. The van der Waals surface area contributed by atoms with Crippen molar-refractivity contribution in [3.8, 4) is 0 Å². The molecule has 1 aliphatic heterocycles. The van der Waals surface area contributed by atoms with Gasteiger partial charge in [0.1, 0.15) is 0 Å². The highest BCUT2D eigenvalue weighted by Crippen LogP contribution is 2.13. The predicted molar refractivity (Wildman–Crippen MR) is 98.6 cm³/mol. The van der Waals surface area contributed by atoms with Gasteiger partial charge in [0.2, 0.25) is 0 Å². The van der Waals surface area contributed by atoms with Gasteiger partial charge in [-0.1, -0.05) is 12.1 Å². The van der Waals surface area contributed by atoms with E-state index in [1.807, 2.05) is 24.3 Å². The second kappa shape index (κ2) is 9.27. The summed E-state index contributed by atoms with van der Waals surface area (Å²) in [7, 11) is 5.61. The zero-order valence-corrected chi connectivity index (χ0v) is 14.9. The fraction of sp³-hybridized carbons (Fsp3) is 0.556. The van der Waals surface area contributed by atoms with Gasteiger partial charge < -0.3 is 20.9 Å². The molecule has 1 atom stereocenters. The van der Waals surface area contributed by atoms with Crippen molar-refractivity contribution >= 4 is 11.9 Å². The van der Waals surface area contributed by atoms with E-state index < -0.39 is 0 Å². The fourth-order valence-corrected chi connectivity index (χ4v) is 3.01. The number of benzene rings is 1. The Labute approximate surface area is 144 Å². The Morgan fingerprint density at radius 3 is 2.88 bits per heavy atom. The van der Waals surface area contributed by atoms with Crippen LogP contribution in [0.15, 0.2) is 29.3 Å². The van der Waals surface area contributed by atoms with Crippen molar-refractivity contribution in [3.05, 3.63) is 35.4 Å². The van der Waals surface area contributed by atoms with Crippen molar-refractivity contribution in [3.63, 3.8) is 0 Å². The zero-order valence-electron chi connectivity index (χ0n) is 14.9. The van der Waals surface area contributed by atoms with Crippen LogP contribution in [0.3, 0.4) is 0 Å². The van der Waals surface area contributed by atoms with E-state index in [2.05, 4.69) is 32.9 Å². The summed E-state index contributed by atoms with van der Waals surface area (Å²) in [5, 5.41) is 9.39. The minimum Gasteiger partial charge on any atom is -0.356 e. The lowest BCUT2D eigenvalue weighted by Gasteiger charge is -2.21. The summed E-state index contributed by atoms with van der Waals surface area (Å²) in [5.41, 5.74) is 1.83. The first-order chi connectivity index (χ1) is 11.6. The molecule has 132 valence electrons. The van der Waals surface area contributed by atoms with Gasteiger partial charge in [0.25, 0.3) is 5.91 Å². The summed E-state index contributed by atoms with van der Waals surface area (Å²) in [5.74, 6) is 0.778. The van der Waals surface area contributed by atoms with E-state index in [0.29, 0.717) is 11.6 Å². The first-order valence-electron chi connectivity index (χ1n) is 8.60. The molecule has 1 unspecified atom stereocenters. The van der Waals surface area contributed by atoms with Gasteiger partial charge in [-0.15, -0.1) is 0 Å². The summed E-state index contributed by atoms with van der Waals surface area (Å²) >= 11 is 0. The molecule has 0 bridgehead atoms. The molecule has 0 saturated carbocycles. The van der Waals surface area contributed by atoms with Crippen molar-refractivity contribution in [2.45, 2.75) is 25.3 Å². The molecule has 6 heteroatoms. The Bertz CT molecular complexity index is 572. The van der Waals surface area contributed by atoms with E-state index in [1.165, 1.54) is 19.4 Å². The average Bonchev–Trinajstić information content (AvgIpc) is 3.02. The molecule has 1 saturated heterocycles. The summed E-state index contributed by atoms with van der Waals surface area (Å²) < 4.78 is 0. The van der Waals surface area contributed by atoms with Crippen molar-refractivity contribution in [1.29, 1.82) is 0 Å². The number of carbonyl (C=O) groups excluding carboxylic acids is 1. The molecule has 0 radical (unpaired) electrons. The van der Waals surface area contributed by atoms with Gasteiger partial charge in [0, 0.05) is 38.8 Å². The molecule has 1 aromatic rings. The number of nitrogens with zero attached hydrogens (tertiary/aromatic N) is 2. The Hall–Kier alpha value is -2.08. The van der Waals surface area contributed by atoms with Crippen LogP contribution in [0.1, 0.15) is 28.8 Å². The van der Waals surface area contributed by atoms with Crippen molar-refractivity contribution in [2.75, 3.05) is 40.8 Å². The van der Waals surface area contributed by atoms with Crippen LogP contribution in [0.5, 0.6) is 0 Å². The minimum atomic E-state index is -0.0528. The fourth-order valence-electron chi connectivity index (χ4n) is 3.01. The second-order valence-corrected chi connectivity index (χ2v) is 6.19. The van der Waals surface area contributed by atoms with Crippen LogP contribution in [-0.4, -0.2) is 63.6 Å². The standard InChI is InChI=1S/C18H29N5O/c1-19-17(24)15-7-4-6-14(12-15)9-10-21-18(20-2)22-13-16-8-5-11-23(16)3/h4,6-7,12,16H,5,8-11,13H2,1-3H3,(H,19,24)(H2,20,21,22). The van der Waals surface area contributed by atoms with Crippen LogP contribution in [0.25, 0.3) is 0 Å². The summed E-state index contributed by atoms with van der Waals surface area (Å²) in [6, 6.07) is 8.31. The quantitative estimate of drug-likeness (QED) is 0.534. The van der Waals surface area contributed by atoms with Gasteiger partial charge >= 0.3 is 0 Å². The van der Waals surface area contributed by atoms with Gasteiger partial charge in [0.05, 0.1) is 0 Å². The average molecular weight is 331 g/mol. The van der Waals surface area contributed by atoms with Gasteiger partial charge in [-0.05, 0) is 50.6 Å². The summed E-state index contributed by atoms with van der Waals surface area (Å²) in [6.07, 6.45) is 3.36. The number of likely N-dealkylation sites (tertiary alicyclic amines) is 1. The maximum Gasteiger partial charge on any atom is 0.251 e. The van der Waals surface area contributed by atoms with Crippen molar-refractivity contribution in [2.24, 2.45) is 4.99 Å². The highest BCUT2D eigenvalue weighted by molar-refractivity contribution is 5.94. The Morgan fingerprint density at radius 1 is 1.38 bits per heavy atom. The Kier molecular flexibility index (Phi) is 7.06. The lowest BCUT2D eigenvalue weighted by atomic mass is 10.1. The van der Waals surface area contributed by atoms with Gasteiger partial charge in [-0.25, -0.2) is 0 Å². The van der Waals surface area contributed by atoms with Gasteiger partial charge in [-0.3, -0.25) is 9.79 Å². The van der Waals surface area contributed by atoms with E-state index in [1.54, 1.807) is 14.1 Å². The van der Waals surface area contributed by atoms with E-state index in [9.17, 15) is 4.79 Å². The number of likely N-dealkylation sites (N-methyl/N-ethyl adjacent to an activating group) is 1. The Balaban J connectivity index is 1.76. The van der Waals surface area contributed by atoms with Crippen LogP contribution in [0.2, 0.25) is 0 Å². The Morgan fingerprint density at radius 2 is 2.21 bits per heavy atom. The molecule has 0 aromatic heterocycles. The highest BCUT2D eigenvalue weighted by atomic mass is 16.1. The monoisotopic (exact) mass is 331 g/mol. The van der Waals surface area contributed by atoms with Crippen molar-refractivity contribution < 1.29 is 4.79 Å². The maximum absolute atomic E-state index is 11.7. The van der Waals surface area contributed by atoms with E-state index in [0.717, 1.165) is 31.0 Å². The number of hydrogen-bond acceptors (Lipinski definition) is 3. The number of nitrogens with one attached hydrogen (secondary N) is 3. The van der Waals surface area contributed by atoms with Crippen LogP contribution < -0.4 is 16.0 Å². The first kappa shape index (κ1) is 18.3. The van der Waals surface area contributed by atoms with Gasteiger partial charge in [-0.2, -0.15) is 0 Å². The highest BCUT2D eigenvalue weighted by Gasteiger charge is 2.20. The second-order valence-electron chi connectivity index (χ2n) is 6.19. The maximum atomic E-state index is 11.7. The topological polar surface area (TPSA) is 68.8 Å². The zero-order chi connectivity index (χ0) is 17.4. The van der Waals surface area contributed by atoms with Crippen LogP contribution in [0, 0.1) is 0 Å².